The van der Waals surface area contributed by atoms with Gasteiger partial charge in [0.25, 0.3) is 5.91 Å². The number of amides is 2. The van der Waals surface area contributed by atoms with E-state index >= 15 is 0 Å². The maximum atomic E-state index is 11.7. The van der Waals surface area contributed by atoms with Crippen molar-refractivity contribution in [3.8, 4) is 0 Å². The van der Waals surface area contributed by atoms with Gasteiger partial charge in [0.2, 0.25) is 5.91 Å². The molecule has 0 bridgehead atoms. The number of nitrogens with zero attached hydrogens (tertiary/aromatic N) is 3. The smallest absolute Gasteiger partial charge is 0.273 e. The number of rotatable bonds is 7. The molecule has 8 heteroatoms. The Bertz CT molecular complexity index is 454. The Balaban J connectivity index is 1.66. The van der Waals surface area contributed by atoms with Crippen molar-refractivity contribution in [3.05, 3.63) is 11.9 Å². The van der Waals surface area contributed by atoms with Crippen LogP contribution in [0.15, 0.2) is 6.20 Å². The topological polar surface area (TPSA) is 115 Å². The van der Waals surface area contributed by atoms with E-state index < -0.39 is 0 Å². The van der Waals surface area contributed by atoms with Gasteiger partial charge < -0.3 is 16.4 Å². The van der Waals surface area contributed by atoms with Crippen molar-refractivity contribution in [2.45, 2.75) is 19.4 Å². The summed E-state index contributed by atoms with van der Waals surface area (Å²) in [6.07, 6.45) is 3.50. The van der Waals surface area contributed by atoms with Gasteiger partial charge in [-0.2, -0.15) is 0 Å². The lowest BCUT2D eigenvalue weighted by molar-refractivity contribution is -0.122. The van der Waals surface area contributed by atoms with E-state index in [4.69, 9.17) is 5.73 Å². The Labute approximate surface area is 110 Å². The molecular formula is C11H18N6O2. The van der Waals surface area contributed by atoms with Crippen LogP contribution >= 0.6 is 0 Å². The number of aromatic nitrogens is 3. The van der Waals surface area contributed by atoms with Crippen molar-refractivity contribution in [3.63, 3.8) is 0 Å². The molecule has 0 unspecified atom stereocenters. The minimum Gasteiger partial charge on any atom is -0.354 e. The molecule has 0 aromatic carbocycles. The van der Waals surface area contributed by atoms with Crippen LogP contribution in [0.1, 0.15) is 23.3 Å². The molecule has 2 rings (SSSR count). The molecule has 4 N–H and O–H groups in total. The summed E-state index contributed by atoms with van der Waals surface area (Å²) in [6.45, 7) is 1.77. The minimum atomic E-state index is -0.302. The van der Waals surface area contributed by atoms with Crippen molar-refractivity contribution >= 4 is 11.8 Å². The Morgan fingerprint density at radius 3 is 2.79 bits per heavy atom. The van der Waals surface area contributed by atoms with E-state index in [1.54, 1.807) is 6.20 Å². The predicted octanol–water partition coefficient (Wildman–Crippen LogP) is -1.51. The summed E-state index contributed by atoms with van der Waals surface area (Å²) in [5.41, 5.74) is 5.62. The summed E-state index contributed by atoms with van der Waals surface area (Å²) in [5, 5.41) is 12.9. The predicted molar refractivity (Wildman–Crippen MR) is 67.1 cm³/mol. The Morgan fingerprint density at radius 1 is 1.37 bits per heavy atom. The van der Waals surface area contributed by atoms with Crippen LogP contribution in [0.4, 0.5) is 0 Å². The number of nitrogens with two attached hydrogens (primary N) is 1. The van der Waals surface area contributed by atoms with E-state index in [1.807, 2.05) is 0 Å². The molecule has 1 saturated carbocycles. The molecule has 0 radical (unpaired) electrons. The van der Waals surface area contributed by atoms with Gasteiger partial charge in [0, 0.05) is 25.6 Å². The summed E-state index contributed by atoms with van der Waals surface area (Å²) in [7, 11) is 0. The molecule has 0 aliphatic heterocycles. The Kier molecular flexibility index (Phi) is 4.45. The van der Waals surface area contributed by atoms with Crippen LogP contribution in [0.25, 0.3) is 0 Å². The molecule has 8 nitrogen and oxygen atoms in total. The van der Waals surface area contributed by atoms with Gasteiger partial charge in [-0.05, 0) is 12.8 Å². The SMILES string of the molecule is NCCn1cc(C(=O)NCCNC(=O)C2CC2)nn1. The lowest BCUT2D eigenvalue weighted by Crippen LogP contribution is -2.35. The molecule has 1 heterocycles. The standard InChI is InChI=1S/C11H18N6O2/c12-3-6-17-7-9(15-16-17)11(19)14-5-4-13-10(18)8-1-2-8/h7-8H,1-6,12H2,(H,13,18)(H,14,19). The van der Waals surface area contributed by atoms with Crippen LogP contribution in [0.5, 0.6) is 0 Å². The summed E-state index contributed by atoms with van der Waals surface area (Å²) in [4.78, 5) is 23.0. The van der Waals surface area contributed by atoms with Gasteiger partial charge in [0.15, 0.2) is 5.69 Å². The second-order valence-electron chi connectivity index (χ2n) is 4.48. The van der Waals surface area contributed by atoms with Crippen LogP contribution in [0, 0.1) is 5.92 Å². The zero-order valence-corrected chi connectivity index (χ0v) is 10.6. The third-order valence-corrected chi connectivity index (χ3v) is 2.79. The fraction of sp³-hybridized carbons (Fsp3) is 0.636. The number of carbonyl (C=O) groups is 2. The van der Waals surface area contributed by atoms with Crippen LogP contribution in [0.2, 0.25) is 0 Å². The van der Waals surface area contributed by atoms with Gasteiger partial charge in [-0.15, -0.1) is 5.10 Å². The summed E-state index contributed by atoms with van der Waals surface area (Å²) < 4.78 is 1.52. The number of nitrogens with one attached hydrogen (secondary N) is 2. The van der Waals surface area contributed by atoms with Gasteiger partial charge >= 0.3 is 0 Å². The Hall–Kier alpha value is -1.96. The number of carbonyl (C=O) groups excluding carboxylic acids is 2. The van der Waals surface area contributed by atoms with Crippen LogP contribution in [-0.2, 0) is 11.3 Å². The zero-order valence-electron chi connectivity index (χ0n) is 10.6. The molecule has 2 amide bonds. The van der Waals surface area contributed by atoms with Crippen molar-refractivity contribution in [1.29, 1.82) is 0 Å². The Morgan fingerprint density at radius 2 is 2.11 bits per heavy atom. The van der Waals surface area contributed by atoms with E-state index in [9.17, 15) is 9.59 Å². The molecule has 1 fully saturated rings. The highest BCUT2D eigenvalue weighted by atomic mass is 16.2. The van der Waals surface area contributed by atoms with Gasteiger partial charge in [-0.3, -0.25) is 14.3 Å². The summed E-state index contributed by atoms with van der Waals surface area (Å²) in [6, 6.07) is 0. The van der Waals surface area contributed by atoms with Gasteiger partial charge in [-0.25, -0.2) is 0 Å². The fourth-order valence-electron chi connectivity index (χ4n) is 1.59. The van der Waals surface area contributed by atoms with Crippen molar-refractivity contribution in [1.82, 2.24) is 25.6 Å². The monoisotopic (exact) mass is 266 g/mol. The van der Waals surface area contributed by atoms with Gasteiger partial charge in [-0.1, -0.05) is 5.21 Å². The van der Waals surface area contributed by atoms with Gasteiger partial charge in [0.05, 0.1) is 12.7 Å². The molecule has 104 valence electrons. The maximum Gasteiger partial charge on any atom is 0.273 e. The first kappa shape index (κ1) is 13.5. The van der Waals surface area contributed by atoms with E-state index in [-0.39, 0.29) is 23.4 Å². The van der Waals surface area contributed by atoms with Crippen LogP contribution < -0.4 is 16.4 Å². The zero-order chi connectivity index (χ0) is 13.7. The molecular weight excluding hydrogens is 248 g/mol. The molecule has 1 aliphatic rings. The molecule has 1 aromatic heterocycles. The van der Waals surface area contributed by atoms with Crippen molar-refractivity contribution in [2.24, 2.45) is 11.7 Å². The lowest BCUT2D eigenvalue weighted by Gasteiger charge is -2.04. The minimum absolute atomic E-state index is 0.0724. The highest BCUT2D eigenvalue weighted by molar-refractivity contribution is 5.91. The second-order valence-corrected chi connectivity index (χ2v) is 4.48. The van der Waals surface area contributed by atoms with E-state index in [0.29, 0.717) is 26.2 Å². The van der Waals surface area contributed by atoms with E-state index in [0.717, 1.165) is 12.8 Å². The fourth-order valence-corrected chi connectivity index (χ4v) is 1.59. The molecule has 19 heavy (non-hydrogen) atoms. The molecule has 0 saturated heterocycles. The number of hydrogen-bond donors (Lipinski definition) is 3. The number of hydrogen-bond acceptors (Lipinski definition) is 5. The van der Waals surface area contributed by atoms with E-state index in [1.165, 1.54) is 4.68 Å². The largest absolute Gasteiger partial charge is 0.354 e. The first-order valence-electron chi connectivity index (χ1n) is 6.37. The third-order valence-electron chi connectivity index (χ3n) is 2.79. The summed E-state index contributed by atoms with van der Waals surface area (Å²) >= 11 is 0. The van der Waals surface area contributed by atoms with Crippen molar-refractivity contribution in [2.75, 3.05) is 19.6 Å². The average molecular weight is 266 g/mol. The van der Waals surface area contributed by atoms with Gasteiger partial charge in [0.1, 0.15) is 0 Å². The lowest BCUT2D eigenvalue weighted by atomic mass is 10.4. The van der Waals surface area contributed by atoms with Crippen LogP contribution in [0.3, 0.4) is 0 Å². The first-order chi connectivity index (χ1) is 9.20. The van der Waals surface area contributed by atoms with E-state index in [2.05, 4.69) is 20.9 Å². The normalized spacial score (nSPS) is 14.2. The molecule has 1 aliphatic carbocycles. The molecule has 0 spiro atoms. The third kappa shape index (κ3) is 4.02. The molecule has 0 atom stereocenters. The van der Waals surface area contributed by atoms with Crippen molar-refractivity contribution < 1.29 is 9.59 Å². The molecule has 1 aromatic rings. The summed E-state index contributed by atoms with van der Waals surface area (Å²) in [5.74, 6) is -0.0426. The average Bonchev–Trinajstić information content (AvgIpc) is 3.15. The quantitative estimate of drug-likeness (QED) is 0.519. The first-order valence-corrected chi connectivity index (χ1v) is 6.37. The van der Waals surface area contributed by atoms with Crippen LogP contribution in [-0.4, -0.2) is 46.4 Å². The highest BCUT2D eigenvalue weighted by Crippen LogP contribution is 2.28. The second kappa shape index (κ2) is 6.28. The highest BCUT2D eigenvalue weighted by Gasteiger charge is 2.28. The maximum absolute atomic E-state index is 11.7.